The van der Waals surface area contributed by atoms with Crippen molar-refractivity contribution in [3.8, 4) is 11.3 Å². The zero-order valence-corrected chi connectivity index (χ0v) is 12.4. The molecule has 1 aliphatic carbocycles. The van der Waals surface area contributed by atoms with Crippen molar-refractivity contribution in [2.45, 2.75) is 38.1 Å². The molecular weight excluding hydrogens is 286 g/mol. The summed E-state index contributed by atoms with van der Waals surface area (Å²) in [7, 11) is 0. The minimum Gasteiger partial charge on any atom is -0.359 e. The number of nitro groups is 1. The fraction of sp³-hybridized carbons (Fsp3) is 0.400. The average Bonchev–Trinajstić information content (AvgIpc) is 2.97. The van der Waals surface area contributed by atoms with Gasteiger partial charge in [-0.25, -0.2) is 4.98 Å². The smallest absolute Gasteiger partial charge is 0.269 e. The Bertz CT molecular complexity index is 618. The van der Waals surface area contributed by atoms with Crippen LogP contribution in [0.5, 0.6) is 0 Å². The maximum Gasteiger partial charge on any atom is 0.269 e. The summed E-state index contributed by atoms with van der Waals surface area (Å²) in [6.45, 7) is 0. The minimum absolute atomic E-state index is 0.106. The predicted molar refractivity (Wildman–Crippen MR) is 84.7 cm³/mol. The van der Waals surface area contributed by atoms with Crippen LogP contribution < -0.4 is 5.32 Å². The Kier molecular flexibility index (Phi) is 4.15. The van der Waals surface area contributed by atoms with Crippen LogP contribution in [0.1, 0.15) is 32.1 Å². The van der Waals surface area contributed by atoms with Crippen LogP contribution in [0.25, 0.3) is 11.3 Å². The van der Waals surface area contributed by atoms with Crippen LogP contribution in [0.2, 0.25) is 0 Å². The molecule has 0 bridgehead atoms. The molecule has 0 radical (unpaired) electrons. The maximum absolute atomic E-state index is 10.7. The molecule has 0 saturated heterocycles. The normalized spacial score (nSPS) is 15.8. The van der Waals surface area contributed by atoms with Crippen LogP contribution in [0.4, 0.5) is 10.8 Å². The number of nitrogens with one attached hydrogen (secondary N) is 1. The number of hydrogen-bond acceptors (Lipinski definition) is 5. The van der Waals surface area contributed by atoms with Crippen LogP contribution in [0.15, 0.2) is 29.6 Å². The number of non-ortho nitro benzene ring substituents is 1. The molecule has 1 heterocycles. The van der Waals surface area contributed by atoms with Crippen LogP contribution in [-0.4, -0.2) is 15.9 Å². The molecule has 0 atom stereocenters. The molecule has 3 rings (SSSR count). The molecule has 1 saturated carbocycles. The number of aromatic nitrogens is 1. The number of nitrogens with zero attached hydrogens (tertiary/aromatic N) is 2. The Morgan fingerprint density at radius 2 is 1.90 bits per heavy atom. The van der Waals surface area contributed by atoms with E-state index in [2.05, 4.69) is 10.3 Å². The molecule has 1 aromatic carbocycles. The first-order valence-electron chi connectivity index (χ1n) is 7.19. The summed E-state index contributed by atoms with van der Waals surface area (Å²) < 4.78 is 0. The van der Waals surface area contributed by atoms with Gasteiger partial charge in [-0.15, -0.1) is 11.3 Å². The Morgan fingerprint density at radius 3 is 2.57 bits per heavy atom. The van der Waals surface area contributed by atoms with E-state index in [1.165, 1.54) is 44.2 Å². The Morgan fingerprint density at radius 1 is 1.19 bits per heavy atom. The van der Waals surface area contributed by atoms with Crippen LogP contribution in [0.3, 0.4) is 0 Å². The van der Waals surface area contributed by atoms with E-state index in [4.69, 9.17) is 0 Å². The summed E-state index contributed by atoms with van der Waals surface area (Å²) in [5.74, 6) is 0. The number of hydrogen-bond donors (Lipinski definition) is 1. The van der Waals surface area contributed by atoms with E-state index < -0.39 is 0 Å². The van der Waals surface area contributed by atoms with Crippen LogP contribution in [0, 0.1) is 10.1 Å². The summed E-state index contributed by atoms with van der Waals surface area (Å²) in [4.78, 5) is 14.9. The summed E-state index contributed by atoms with van der Waals surface area (Å²) >= 11 is 1.59. The zero-order valence-electron chi connectivity index (χ0n) is 11.6. The van der Waals surface area contributed by atoms with Crippen molar-refractivity contribution in [2.75, 3.05) is 5.32 Å². The zero-order chi connectivity index (χ0) is 14.7. The van der Waals surface area contributed by atoms with Crippen molar-refractivity contribution >= 4 is 22.2 Å². The standard InChI is InChI=1S/C15H17N3O2S/c19-18(20)13-8-6-11(7-9-13)14-10-21-15(17-14)16-12-4-2-1-3-5-12/h6-10,12H,1-5H2,(H,16,17). The molecule has 2 aromatic rings. The summed E-state index contributed by atoms with van der Waals surface area (Å²) in [5.41, 5.74) is 1.89. The van der Waals surface area contributed by atoms with E-state index in [1.807, 2.05) is 5.38 Å². The highest BCUT2D eigenvalue weighted by atomic mass is 32.1. The SMILES string of the molecule is O=[N+]([O-])c1ccc(-c2csc(NC3CCCCC3)n2)cc1. The number of anilines is 1. The highest BCUT2D eigenvalue weighted by Crippen LogP contribution is 2.28. The quantitative estimate of drug-likeness (QED) is 0.668. The average molecular weight is 303 g/mol. The lowest BCUT2D eigenvalue weighted by Gasteiger charge is -2.22. The number of thiazole rings is 1. The van der Waals surface area contributed by atoms with Crippen molar-refractivity contribution in [1.29, 1.82) is 0 Å². The second-order valence-corrected chi connectivity index (χ2v) is 6.18. The third-order valence-corrected chi connectivity index (χ3v) is 4.58. The van der Waals surface area contributed by atoms with Gasteiger partial charge in [0, 0.05) is 29.1 Å². The topological polar surface area (TPSA) is 68.1 Å². The molecule has 5 nitrogen and oxygen atoms in total. The highest BCUT2D eigenvalue weighted by Gasteiger charge is 2.15. The molecule has 6 heteroatoms. The monoisotopic (exact) mass is 303 g/mol. The van der Waals surface area contributed by atoms with Crippen LogP contribution in [-0.2, 0) is 0 Å². The molecule has 1 N–H and O–H groups in total. The number of nitro benzene ring substituents is 1. The van der Waals surface area contributed by atoms with Crippen LogP contribution >= 0.6 is 11.3 Å². The van der Waals surface area contributed by atoms with Crippen molar-refractivity contribution in [1.82, 2.24) is 4.98 Å². The molecule has 1 aliphatic rings. The van der Waals surface area contributed by atoms with Crippen molar-refractivity contribution in [3.05, 3.63) is 39.8 Å². The molecule has 0 amide bonds. The van der Waals surface area contributed by atoms with E-state index in [1.54, 1.807) is 23.5 Å². The molecular formula is C15H17N3O2S. The fourth-order valence-corrected chi connectivity index (χ4v) is 3.45. The van der Waals surface area contributed by atoms with Gasteiger partial charge >= 0.3 is 0 Å². The van der Waals surface area contributed by atoms with Gasteiger partial charge in [-0.1, -0.05) is 19.3 Å². The van der Waals surface area contributed by atoms with E-state index in [9.17, 15) is 10.1 Å². The molecule has 0 aliphatic heterocycles. The summed E-state index contributed by atoms with van der Waals surface area (Å²) in [6, 6.07) is 7.07. The highest BCUT2D eigenvalue weighted by molar-refractivity contribution is 7.14. The third-order valence-electron chi connectivity index (χ3n) is 3.81. The number of benzene rings is 1. The summed E-state index contributed by atoms with van der Waals surface area (Å²) in [6.07, 6.45) is 6.35. The largest absolute Gasteiger partial charge is 0.359 e. The van der Waals surface area contributed by atoms with Crippen molar-refractivity contribution in [3.63, 3.8) is 0 Å². The first-order chi connectivity index (χ1) is 10.2. The maximum atomic E-state index is 10.7. The molecule has 0 unspecified atom stereocenters. The molecule has 110 valence electrons. The lowest BCUT2D eigenvalue weighted by Crippen LogP contribution is -2.21. The fourth-order valence-electron chi connectivity index (χ4n) is 2.65. The van der Waals surface area contributed by atoms with E-state index in [0.717, 1.165) is 16.4 Å². The van der Waals surface area contributed by atoms with Gasteiger partial charge in [-0.05, 0) is 25.0 Å². The Hall–Kier alpha value is -1.95. The Labute approximate surface area is 127 Å². The van der Waals surface area contributed by atoms with E-state index in [0.29, 0.717) is 6.04 Å². The van der Waals surface area contributed by atoms with E-state index >= 15 is 0 Å². The second kappa shape index (κ2) is 6.22. The van der Waals surface area contributed by atoms with Gasteiger partial charge in [0.15, 0.2) is 5.13 Å². The van der Waals surface area contributed by atoms with Gasteiger partial charge in [0.1, 0.15) is 0 Å². The van der Waals surface area contributed by atoms with Crippen molar-refractivity contribution in [2.24, 2.45) is 0 Å². The van der Waals surface area contributed by atoms with Crippen molar-refractivity contribution < 1.29 is 4.92 Å². The first kappa shape index (κ1) is 14.0. The second-order valence-electron chi connectivity index (χ2n) is 5.32. The van der Waals surface area contributed by atoms with E-state index in [-0.39, 0.29) is 10.6 Å². The summed E-state index contributed by atoms with van der Waals surface area (Å²) in [5, 5.41) is 17.1. The molecule has 1 aromatic heterocycles. The first-order valence-corrected chi connectivity index (χ1v) is 8.07. The predicted octanol–water partition coefficient (Wildman–Crippen LogP) is 4.46. The lowest BCUT2D eigenvalue weighted by atomic mass is 9.96. The van der Waals surface area contributed by atoms with Gasteiger partial charge in [0.05, 0.1) is 10.6 Å². The Balaban J connectivity index is 1.70. The minimum atomic E-state index is -0.388. The van der Waals surface area contributed by atoms with Gasteiger partial charge in [0.2, 0.25) is 0 Å². The molecule has 0 spiro atoms. The molecule has 1 fully saturated rings. The van der Waals surface area contributed by atoms with Gasteiger partial charge in [-0.2, -0.15) is 0 Å². The van der Waals surface area contributed by atoms with Gasteiger partial charge in [0.25, 0.3) is 5.69 Å². The van der Waals surface area contributed by atoms with Gasteiger partial charge in [-0.3, -0.25) is 10.1 Å². The third kappa shape index (κ3) is 3.39. The lowest BCUT2D eigenvalue weighted by molar-refractivity contribution is -0.384. The number of rotatable bonds is 4. The van der Waals surface area contributed by atoms with Gasteiger partial charge < -0.3 is 5.32 Å². The molecule has 21 heavy (non-hydrogen) atoms.